The van der Waals surface area contributed by atoms with Gasteiger partial charge in [-0.3, -0.25) is 0 Å². The third kappa shape index (κ3) is 2.30. The number of hydrogen-bond acceptors (Lipinski definition) is 3. The predicted molar refractivity (Wildman–Crippen MR) is 141 cm³/mol. The van der Waals surface area contributed by atoms with Gasteiger partial charge in [-0.1, -0.05) is 91.0 Å². The van der Waals surface area contributed by atoms with Crippen molar-refractivity contribution in [3.8, 4) is 11.1 Å². The molecule has 0 unspecified atom stereocenters. The Morgan fingerprint density at radius 1 is 0.583 bits per heavy atom. The lowest BCUT2D eigenvalue weighted by Crippen LogP contribution is -2.36. The fourth-order valence-electron chi connectivity index (χ4n) is 6.58. The molecule has 0 aromatic heterocycles. The fourth-order valence-corrected chi connectivity index (χ4v) is 6.58. The molecule has 0 saturated heterocycles. The zero-order chi connectivity index (χ0) is 23.9. The largest absolute Gasteiger partial charge is 0.457 e. The molecule has 0 radical (unpaired) electrons. The molecule has 3 heteroatoms. The molecule has 5 aromatic carbocycles. The number of anilines is 3. The SMILES string of the molecule is O=C1OCc2ccc(N3c4ccccc4C4(c5ccccc5-c5ccccc54)c4ccccc43)cc21. The first-order valence-electron chi connectivity index (χ1n) is 12.3. The monoisotopic (exact) mass is 463 g/mol. The standard InChI is InChI=1S/C33H21NO2/c35-32-25-19-22(18-17-21(25)20-36-32)34-30-15-7-5-13-28(30)33(29-14-6-8-16-31(29)34)26-11-3-1-9-23(26)24-10-2-4-12-27(24)33/h1-19H,20H2. The van der Waals surface area contributed by atoms with Gasteiger partial charge in [0.25, 0.3) is 0 Å². The minimum Gasteiger partial charge on any atom is -0.457 e. The molecule has 170 valence electrons. The van der Waals surface area contributed by atoms with E-state index in [0.29, 0.717) is 12.2 Å². The van der Waals surface area contributed by atoms with Crippen molar-refractivity contribution in [1.82, 2.24) is 0 Å². The number of carbonyl (C=O) groups is 1. The normalized spacial score (nSPS) is 15.6. The number of cyclic esters (lactones) is 1. The number of carbonyl (C=O) groups excluding carboxylic acids is 1. The molecular weight excluding hydrogens is 442 g/mol. The molecule has 3 aliphatic rings. The quantitative estimate of drug-likeness (QED) is 0.236. The molecule has 0 saturated carbocycles. The number of ether oxygens (including phenoxy) is 1. The van der Waals surface area contributed by atoms with Crippen LogP contribution in [0.25, 0.3) is 11.1 Å². The van der Waals surface area contributed by atoms with Gasteiger partial charge in [0, 0.05) is 11.3 Å². The van der Waals surface area contributed by atoms with Crippen LogP contribution < -0.4 is 4.90 Å². The zero-order valence-electron chi connectivity index (χ0n) is 19.4. The van der Waals surface area contributed by atoms with Crippen LogP contribution in [0.5, 0.6) is 0 Å². The third-order valence-corrected chi connectivity index (χ3v) is 7.98. The second kappa shape index (κ2) is 6.96. The molecule has 2 heterocycles. The second-order valence-electron chi connectivity index (χ2n) is 9.63. The van der Waals surface area contributed by atoms with E-state index in [9.17, 15) is 4.79 Å². The van der Waals surface area contributed by atoms with E-state index in [-0.39, 0.29) is 5.97 Å². The maximum atomic E-state index is 12.4. The number of rotatable bonds is 1. The van der Waals surface area contributed by atoms with Crippen LogP contribution in [-0.2, 0) is 16.8 Å². The first-order valence-corrected chi connectivity index (χ1v) is 12.3. The van der Waals surface area contributed by atoms with E-state index < -0.39 is 5.41 Å². The summed E-state index contributed by atoms with van der Waals surface area (Å²) in [5, 5.41) is 0. The number of hydrogen-bond donors (Lipinski definition) is 0. The fraction of sp³-hybridized carbons (Fsp3) is 0.0606. The van der Waals surface area contributed by atoms with E-state index >= 15 is 0 Å². The van der Waals surface area contributed by atoms with Crippen LogP contribution in [0.4, 0.5) is 17.1 Å². The van der Waals surface area contributed by atoms with Gasteiger partial charge in [-0.15, -0.1) is 0 Å². The number of esters is 1. The van der Waals surface area contributed by atoms with Gasteiger partial charge < -0.3 is 9.64 Å². The van der Waals surface area contributed by atoms with Crippen molar-refractivity contribution in [3.63, 3.8) is 0 Å². The minimum absolute atomic E-state index is 0.249. The Balaban J connectivity index is 1.49. The maximum Gasteiger partial charge on any atom is 0.338 e. The van der Waals surface area contributed by atoms with Gasteiger partial charge in [0.05, 0.1) is 22.4 Å². The highest BCUT2D eigenvalue weighted by molar-refractivity contribution is 5.98. The van der Waals surface area contributed by atoms with Crippen molar-refractivity contribution in [2.24, 2.45) is 0 Å². The first kappa shape index (κ1) is 19.7. The molecule has 1 aliphatic carbocycles. The first-order chi connectivity index (χ1) is 17.8. The van der Waals surface area contributed by atoms with Crippen LogP contribution in [0.1, 0.15) is 38.2 Å². The van der Waals surface area contributed by atoms with Gasteiger partial charge in [0.1, 0.15) is 6.61 Å². The summed E-state index contributed by atoms with van der Waals surface area (Å²) in [6.07, 6.45) is 0. The highest BCUT2D eigenvalue weighted by Gasteiger charge is 2.51. The van der Waals surface area contributed by atoms with E-state index in [0.717, 1.165) is 22.6 Å². The van der Waals surface area contributed by atoms with Gasteiger partial charge in [-0.25, -0.2) is 4.79 Å². The van der Waals surface area contributed by atoms with Crippen molar-refractivity contribution in [3.05, 3.63) is 149 Å². The van der Waals surface area contributed by atoms with Crippen LogP contribution in [-0.4, -0.2) is 5.97 Å². The average molecular weight is 464 g/mol. The van der Waals surface area contributed by atoms with Gasteiger partial charge in [-0.2, -0.15) is 0 Å². The van der Waals surface area contributed by atoms with Crippen molar-refractivity contribution < 1.29 is 9.53 Å². The highest BCUT2D eigenvalue weighted by atomic mass is 16.5. The molecule has 1 spiro atoms. The van der Waals surface area contributed by atoms with E-state index in [4.69, 9.17) is 4.74 Å². The van der Waals surface area contributed by atoms with E-state index in [1.54, 1.807) is 0 Å². The van der Waals surface area contributed by atoms with Gasteiger partial charge in [0.15, 0.2) is 0 Å². The Hall–Kier alpha value is -4.63. The van der Waals surface area contributed by atoms with Crippen LogP contribution >= 0.6 is 0 Å². The van der Waals surface area contributed by atoms with Crippen LogP contribution in [0, 0.1) is 0 Å². The summed E-state index contributed by atoms with van der Waals surface area (Å²) in [6, 6.07) is 41.1. The van der Waals surface area contributed by atoms with Gasteiger partial charge in [0.2, 0.25) is 0 Å². The second-order valence-corrected chi connectivity index (χ2v) is 9.63. The summed E-state index contributed by atoms with van der Waals surface area (Å²) in [4.78, 5) is 14.7. The number of benzene rings is 5. The molecule has 0 fully saturated rings. The molecule has 0 N–H and O–H groups in total. The molecule has 0 amide bonds. The van der Waals surface area contributed by atoms with Crippen LogP contribution in [0.2, 0.25) is 0 Å². The lowest BCUT2D eigenvalue weighted by Gasteiger charge is -2.45. The van der Waals surface area contributed by atoms with Crippen molar-refractivity contribution in [2.75, 3.05) is 4.90 Å². The summed E-state index contributed by atoms with van der Waals surface area (Å²) in [5.41, 5.74) is 12.0. The Morgan fingerprint density at radius 3 is 1.72 bits per heavy atom. The maximum absolute atomic E-state index is 12.4. The van der Waals surface area contributed by atoms with E-state index in [2.05, 4.69) is 108 Å². The predicted octanol–water partition coefficient (Wildman–Crippen LogP) is 7.50. The molecule has 8 rings (SSSR count). The summed E-state index contributed by atoms with van der Waals surface area (Å²) in [5.74, 6) is -0.249. The van der Waals surface area contributed by atoms with E-state index in [1.165, 1.54) is 33.4 Å². The number of nitrogens with zero attached hydrogens (tertiary/aromatic N) is 1. The number of para-hydroxylation sites is 2. The Kier molecular flexibility index (Phi) is 3.80. The average Bonchev–Trinajstić information content (AvgIpc) is 3.45. The lowest BCUT2D eigenvalue weighted by atomic mass is 9.64. The van der Waals surface area contributed by atoms with Crippen LogP contribution in [0.3, 0.4) is 0 Å². The Morgan fingerprint density at radius 2 is 1.11 bits per heavy atom. The molecule has 3 nitrogen and oxygen atoms in total. The minimum atomic E-state index is -0.424. The highest BCUT2D eigenvalue weighted by Crippen LogP contribution is 2.63. The summed E-state index contributed by atoms with van der Waals surface area (Å²) in [7, 11) is 0. The smallest absolute Gasteiger partial charge is 0.338 e. The summed E-state index contributed by atoms with van der Waals surface area (Å²) in [6.45, 7) is 0.346. The van der Waals surface area contributed by atoms with Crippen LogP contribution in [0.15, 0.2) is 115 Å². The Labute approximate surface area is 209 Å². The topological polar surface area (TPSA) is 29.5 Å². The Bertz CT molecular complexity index is 1640. The zero-order valence-corrected chi connectivity index (χ0v) is 19.4. The van der Waals surface area contributed by atoms with Crippen molar-refractivity contribution in [1.29, 1.82) is 0 Å². The van der Waals surface area contributed by atoms with E-state index in [1.807, 2.05) is 12.1 Å². The molecule has 36 heavy (non-hydrogen) atoms. The summed E-state index contributed by atoms with van der Waals surface area (Å²) >= 11 is 0. The molecular formula is C33H21NO2. The molecule has 5 aromatic rings. The van der Waals surface area contributed by atoms with Gasteiger partial charge in [-0.05, 0) is 57.6 Å². The molecule has 2 aliphatic heterocycles. The molecule has 0 bridgehead atoms. The lowest BCUT2D eigenvalue weighted by molar-refractivity contribution is 0.0535. The number of fused-ring (bicyclic) bond motifs is 10. The van der Waals surface area contributed by atoms with Crippen molar-refractivity contribution >= 4 is 23.0 Å². The van der Waals surface area contributed by atoms with Crippen molar-refractivity contribution in [2.45, 2.75) is 12.0 Å². The molecule has 0 atom stereocenters. The third-order valence-electron chi connectivity index (χ3n) is 7.98. The van der Waals surface area contributed by atoms with Gasteiger partial charge >= 0.3 is 5.97 Å². The summed E-state index contributed by atoms with van der Waals surface area (Å²) < 4.78 is 5.30.